The van der Waals surface area contributed by atoms with Gasteiger partial charge in [0.25, 0.3) is 5.91 Å². The van der Waals surface area contributed by atoms with Crippen LogP contribution in [0.2, 0.25) is 0 Å². The van der Waals surface area contributed by atoms with Gasteiger partial charge in [-0.25, -0.2) is 4.79 Å². The number of carbonyl (C=O) groups is 2. The fraction of sp³-hybridized carbons (Fsp3) is 0.360. The molecular weight excluding hydrogens is 424 g/mol. The number of methoxy groups -OCH3 is 3. The van der Waals surface area contributed by atoms with E-state index in [-0.39, 0.29) is 12.5 Å². The lowest BCUT2D eigenvalue weighted by atomic mass is 10.1. The van der Waals surface area contributed by atoms with Crippen molar-refractivity contribution < 1.29 is 28.5 Å². The molecule has 1 fully saturated rings. The second-order valence-corrected chi connectivity index (χ2v) is 7.54. The molecule has 1 aliphatic rings. The summed E-state index contributed by atoms with van der Waals surface area (Å²) in [5, 5.41) is 0. The van der Waals surface area contributed by atoms with E-state index in [1.165, 1.54) is 33.0 Å². The zero-order chi connectivity index (χ0) is 23.6. The van der Waals surface area contributed by atoms with Gasteiger partial charge in [-0.1, -0.05) is 30.3 Å². The lowest BCUT2D eigenvalue weighted by Crippen LogP contribution is -2.49. The summed E-state index contributed by atoms with van der Waals surface area (Å²) in [5.41, 5.74) is 1.92. The minimum absolute atomic E-state index is 0.191. The van der Waals surface area contributed by atoms with Crippen LogP contribution in [0.15, 0.2) is 48.5 Å². The molecule has 0 aromatic heterocycles. The van der Waals surface area contributed by atoms with Gasteiger partial charge in [-0.3, -0.25) is 9.69 Å². The van der Waals surface area contributed by atoms with Crippen LogP contribution in [0, 0.1) is 0 Å². The van der Waals surface area contributed by atoms with Crippen LogP contribution in [0.3, 0.4) is 0 Å². The van der Waals surface area contributed by atoms with Crippen LogP contribution in [-0.4, -0.2) is 75.8 Å². The molecule has 8 nitrogen and oxygen atoms in total. The van der Waals surface area contributed by atoms with Crippen LogP contribution in [0.5, 0.6) is 17.2 Å². The monoisotopic (exact) mass is 454 g/mol. The summed E-state index contributed by atoms with van der Waals surface area (Å²) in [4.78, 5) is 28.6. The number of benzene rings is 2. The van der Waals surface area contributed by atoms with Crippen molar-refractivity contribution in [1.29, 1.82) is 0 Å². The largest absolute Gasteiger partial charge is 0.493 e. The van der Waals surface area contributed by atoms with Crippen LogP contribution < -0.4 is 14.2 Å². The van der Waals surface area contributed by atoms with Gasteiger partial charge in [-0.15, -0.1) is 0 Å². The molecule has 0 atom stereocenters. The Morgan fingerprint density at radius 3 is 2.12 bits per heavy atom. The maximum atomic E-state index is 12.4. The fourth-order valence-electron chi connectivity index (χ4n) is 3.63. The highest BCUT2D eigenvalue weighted by atomic mass is 16.5. The molecule has 3 rings (SSSR count). The molecule has 0 aliphatic carbocycles. The van der Waals surface area contributed by atoms with E-state index in [0.29, 0.717) is 35.9 Å². The molecule has 1 aliphatic heterocycles. The van der Waals surface area contributed by atoms with Crippen molar-refractivity contribution in [1.82, 2.24) is 9.80 Å². The Morgan fingerprint density at radius 2 is 1.55 bits per heavy atom. The molecule has 0 spiro atoms. The van der Waals surface area contributed by atoms with Crippen molar-refractivity contribution in [3.63, 3.8) is 0 Å². The number of amides is 1. The minimum Gasteiger partial charge on any atom is -0.493 e. The summed E-state index contributed by atoms with van der Waals surface area (Å²) in [5.74, 6) is 0.635. The number of carbonyl (C=O) groups excluding carboxylic acids is 2. The van der Waals surface area contributed by atoms with E-state index < -0.39 is 5.97 Å². The number of nitrogens with zero attached hydrogens (tertiary/aromatic N) is 2. The average Bonchev–Trinajstić information content (AvgIpc) is 2.86. The predicted octanol–water partition coefficient (Wildman–Crippen LogP) is 2.61. The molecule has 0 bridgehead atoms. The average molecular weight is 455 g/mol. The van der Waals surface area contributed by atoms with Gasteiger partial charge in [0, 0.05) is 38.8 Å². The van der Waals surface area contributed by atoms with Gasteiger partial charge in [-0.2, -0.15) is 0 Å². The Kier molecular flexibility index (Phi) is 8.71. The molecule has 8 heteroatoms. The topological polar surface area (TPSA) is 77.5 Å². The summed E-state index contributed by atoms with van der Waals surface area (Å²) in [7, 11) is 4.56. The van der Waals surface area contributed by atoms with Gasteiger partial charge in [0.15, 0.2) is 18.1 Å². The number of esters is 1. The zero-order valence-corrected chi connectivity index (χ0v) is 19.3. The molecule has 176 valence electrons. The molecule has 0 radical (unpaired) electrons. The molecule has 1 saturated heterocycles. The van der Waals surface area contributed by atoms with Gasteiger partial charge in [-0.05, 0) is 29.3 Å². The second-order valence-electron chi connectivity index (χ2n) is 7.54. The molecule has 0 saturated carbocycles. The first kappa shape index (κ1) is 24.1. The maximum Gasteiger partial charge on any atom is 0.331 e. The van der Waals surface area contributed by atoms with E-state index in [1.54, 1.807) is 23.1 Å². The summed E-state index contributed by atoms with van der Waals surface area (Å²) in [6.07, 6.45) is 2.84. The number of ether oxygens (including phenoxy) is 4. The molecular formula is C25H30N2O6. The first-order valence-electron chi connectivity index (χ1n) is 10.7. The Labute approximate surface area is 194 Å². The van der Waals surface area contributed by atoms with E-state index >= 15 is 0 Å². The van der Waals surface area contributed by atoms with Crippen molar-refractivity contribution >= 4 is 18.0 Å². The van der Waals surface area contributed by atoms with Crippen LogP contribution in [0.1, 0.15) is 11.1 Å². The zero-order valence-electron chi connectivity index (χ0n) is 19.3. The van der Waals surface area contributed by atoms with Gasteiger partial charge in [0.05, 0.1) is 21.3 Å². The first-order valence-corrected chi connectivity index (χ1v) is 10.7. The normalized spacial score (nSPS) is 14.2. The highest BCUT2D eigenvalue weighted by Crippen LogP contribution is 2.38. The van der Waals surface area contributed by atoms with Crippen LogP contribution in [0.25, 0.3) is 6.08 Å². The third-order valence-electron chi connectivity index (χ3n) is 5.41. The molecule has 0 N–H and O–H groups in total. The lowest BCUT2D eigenvalue weighted by Gasteiger charge is -2.34. The summed E-state index contributed by atoms with van der Waals surface area (Å²) in [6, 6.07) is 13.7. The molecule has 1 amide bonds. The summed E-state index contributed by atoms with van der Waals surface area (Å²) >= 11 is 0. The van der Waals surface area contributed by atoms with Gasteiger partial charge >= 0.3 is 5.97 Å². The minimum atomic E-state index is -0.597. The van der Waals surface area contributed by atoms with Gasteiger partial charge in [0.2, 0.25) is 5.75 Å². The number of piperazine rings is 1. The van der Waals surface area contributed by atoms with Crippen molar-refractivity contribution in [3.8, 4) is 17.2 Å². The maximum absolute atomic E-state index is 12.4. The SMILES string of the molecule is COc1cc(C=CC(=O)OCC(=O)N2CCN(Cc3ccccc3)CC2)cc(OC)c1OC. The van der Waals surface area contributed by atoms with Gasteiger partial charge in [0.1, 0.15) is 0 Å². The number of rotatable bonds is 9. The smallest absolute Gasteiger partial charge is 0.331 e. The van der Waals surface area contributed by atoms with E-state index in [1.807, 2.05) is 18.2 Å². The predicted molar refractivity (Wildman–Crippen MR) is 124 cm³/mol. The fourth-order valence-corrected chi connectivity index (χ4v) is 3.63. The Balaban J connectivity index is 1.46. The highest BCUT2D eigenvalue weighted by Gasteiger charge is 2.21. The van der Waals surface area contributed by atoms with E-state index in [2.05, 4.69) is 17.0 Å². The van der Waals surface area contributed by atoms with E-state index in [4.69, 9.17) is 18.9 Å². The van der Waals surface area contributed by atoms with Crippen LogP contribution >= 0.6 is 0 Å². The second kappa shape index (κ2) is 11.9. The van der Waals surface area contributed by atoms with E-state index in [9.17, 15) is 9.59 Å². The highest BCUT2D eigenvalue weighted by molar-refractivity contribution is 5.89. The molecule has 33 heavy (non-hydrogen) atoms. The quantitative estimate of drug-likeness (QED) is 0.426. The Morgan fingerprint density at radius 1 is 0.909 bits per heavy atom. The number of hydrogen-bond donors (Lipinski definition) is 0. The summed E-state index contributed by atoms with van der Waals surface area (Å²) in [6.45, 7) is 3.39. The first-order chi connectivity index (χ1) is 16.0. The van der Waals surface area contributed by atoms with Crippen molar-refractivity contribution in [2.45, 2.75) is 6.54 Å². The third-order valence-corrected chi connectivity index (χ3v) is 5.41. The van der Waals surface area contributed by atoms with Crippen molar-refractivity contribution in [2.24, 2.45) is 0 Å². The molecule has 1 heterocycles. The van der Waals surface area contributed by atoms with Crippen molar-refractivity contribution in [2.75, 3.05) is 54.1 Å². The van der Waals surface area contributed by atoms with Crippen LogP contribution in [0.4, 0.5) is 0 Å². The molecule has 0 unspecified atom stereocenters. The molecule has 2 aromatic rings. The van der Waals surface area contributed by atoms with Crippen molar-refractivity contribution in [3.05, 3.63) is 59.7 Å². The summed E-state index contributed by atoms with van der Waals surface area (Å²) < 4.78 is 21.0. The van der Waals surface area contributed by atoms with Gasteiger partial charge < -0.3 is 23.8 Å². The Hall–Kier alpha value is -3.52. The number of hydrogen-bond acceptors (Lipinski definition) is 7. The molecule has 2 aromatic carbocycles. The lowest BCUT2D eigenvalue weighted by molar-refractivity contribution is -0.149. The Bertz CT molecular complexity index is 943. The standard InChI is InChI=1S/C25H30N2O6/c1-30-21-15-20(16-22(31-2)25(21)32-3)9-10-24(29)33-18-23(28)27-13-11-26(12-14-27)17-19-7-5-4-6-8-19/h4-10,15-16H,11-14,17-18H2,1-3H3. The van der Waals surface area contributed by atoms with Crippen LogP contribution in [-0.2, 0) is 20.9 Å². The third kappa shape index (κ3) is 6.73. The van der Waals surface area contributed by atoms with E-state index in [0.717, 1.165) is 19.6 Å².